The van der Waals surface area contributed by atoms with Crippen molar-refractivity contribution in [2.45, 2.75) is 31.2 Å². The van der Waals surface area contributed by atoms with Gasteiger partial charge in [0.15, 0.2) is 5.13 Å². The first-order chi connectivity index (χ1) is 18.3. The molecule has 2 heterocycles. The molecule has 1 aliphatic rings. The number of para-hydroxylation sites is 1. The van der Waals surface area contributed by atoms with E-state index in [-0.39, 0.29) is 11.9 Å². The lowest BCUT2D eigenvalue weighted by atomic mass is 9.88. The summed E-state index contributed by atoms with van der Waals surface area (Å²) in [4.78, 5) is 20.1. The quantitative estimate of drug-likeness (QED) is 0.255. The lowest BCUT2D eigenvalue weighted by Gasteiger charge is -2.28. The van der Waals surface area contributed by atoms with Crippen molar-refractivity contribution < 1.29 is 4.79 Å². The van der Waals surface area contributed by atoms with Crippen molar-refractivity contribution in [1.29, 1.82) is 0 Å². The Labute approximate surface area is 223 Å². The van der Waals surface area contributed by atoms with Gasteiger partial charge in [0.1, 0.15) is 0 Å². The summed E-state index contributed by atoms with van der Waals surface area (Å²) in [6, 6.07) is 29.5. The molecule has 0 aliphatic carbocycles. The number of nitrogens with one attached hydrogen (secondary N) is 3. The van der Waals surface area contributed by atoms with Crippen molar-refractivity contribution in [3.8, 4) is 0 Å². The van der Waals surface area contributed by atoms with Crippen LogP contribution in [0.2, 0.25) is 0 Å². The summed E-state index contributed by atoms with van der Waals surface area (Å²) < 4.78 is 1.07. The van der Waals surface area contributed by atoms with Gasteiger partial charge in [-0.1, -0.05) is 84.1 Å². The van der Waals surface area contributed by atoms with Gasteiger partial charge < -0.3 is 15.5 Å². The Balaban J connectivity index is 1.29. The first-order valence-corrected chi connectivity index (χ1v) is 14.0. The van der Waals surface area contributed by atoms with Crippen molar-refractivity contribution in [2.24, 2.45) is 0 Å². The van der Waals surface area contributed by atoms with Crippen LogP contribution in [0.4, 0.5) is 9.93 Å². The maximum absolute atomic E-state index is 13.5. The number of nitrogens with zero attached hydrogens (tertiary/aromatic N) is 2. The van der Waals surface area contributed by atoms with Crippen LogP contribution in [0.15, 0.2) is 84.9 Å². The summed E-state index contributed by atoms with van der Waals surface area (Å²) in [7, 11) is 0. The highest BCUT2D eigenvalue weighted by atomic mass is 32.1. The van der Waals surface area contributed by atoms with Crippen LogP contribution in [0.25, 0.3) is 10.2 Å². The zero-order valence-electron chi connectivity index (χ0n) is 21.1. The average Bonchev–Trinajstić information content (AvgIpc) is 3.36. The number of amides is 2. The smallest absolute Gasteiger partial charge is 0.323 e. The number of benzene rings is 3. The van der Waals surface area contributed by atoms with E-state index < -0.39 is 0 Å². The molecule has 0 saturated carbocycles. The highest BCUT2D eigenvalue weighted by Gasteiger charge is 2.21. The highest BCUT2D eigenvalue weighted by molar-refractivity contribution is 7.22. The summed E-state index contributed by atoms with van der Waals surface area (Å²) in [5, 5.41) is 10.8. The van der Waals surface area contributed by atoms with E-state index in [0.717, 1.165) is 36.3 Å². The van der Waals surface area contributed by atoms with Gasteiger partial charge in [0, 0.05) is 38.1 Å². The molecule has 3 N–H and O–H groups in total. The molecule has 1 aromatic heterocycles. The van der Waals surface area contributed by atoms with Gasteiger partial charge in [-0.2, -0.15) is 0 Å². The zero-order chi connectivity index (χ0) is 25.3. The third kappa shape index (κ3) is 6.95. The number of carbonyl (C=O) groups is 1. The van der Waals surface area contributed by atoms with E-state index in [4.69, 9.17) is 0 Å². The maximum atomic E-state index is 13.5. The summed E-state index contributed by atoms with van der Waals surface area (Å²) in [6.45, 7) is 4.14. The van der Waals surface area contributed by atoms with Gasteiger partial charge in [-0.05, 0) is 49.1 Å². The summed E-state index contributed by atoms with van der Waals surface area (Å²) in [6.07, 6.45) is 3.20. The first-order valence-electron chi connectivity index (χ1n) is 13.2. The van der Waals surface area contributed by atoms with Crippen LogP contribution in [-0.2, 0) is 0 Å². The Morgan fingerprint density at radius 1 is 0.973 bits per heavy atom. The van der Waals surface area contributed by atoms with Crippen LogP contribution in [0.3, 0.4) is 0 Å². The van der Waals surface area contributed by atoms with Gasteiger partial charge in [-0.15, -0.1) is 0 Å². The third-order valence-corrected chi connectivity index (χ3v) is 7.95. The van der Waals surface area contributed by atoms with Crippen molar-refractivity contribution in [2.75, 3.05) is 38.0 Å². The Kier molecular flexibility index (Phi) is 8.79. The van der Waals surface area contributed by atoms with Crippen molar-refractivity contribution in [3.05, 3.63) is 96.1 Å². The van der Waals surface area contributed by atoms with Crippen LogP contribution < -0.4 is 16.0 Å². The molecular weight excluding hydrogens is 478 g/mol. The van der Waals surface area contributed by atoms with Crippen molar-refractivity contribution in [3.63, 3.8) is 0 Å². The average molecular weight is 514 g/mol. The van der Waals surface area contributed by atoms with E-state index in [0.29, 0.717) is 24.3 Å². The monoisotopic (exact) mass is 513 g/mol. The largest absolute Gasteiger partial charge is 0.323 e. The summed E-state index contributed by atoms with van der Waals surface area (Å²) >= 11 is 1.51. The molecule has 1 aliphatic heterocycles. The lowest BCUT2D eigenvalue weighted by molar-refractivity contribution is 0.208. The van der Waals surface area contributed by atoms with Gasteiger partial charge in [-0.3, -0.25) is 5.32 Å². The van der Waals surface area contributed by atoms with Crippen LogP contribution in [0.5, 0.6) is 0 Å². The third-order valence-electron chi connectivity index (χ3n) is 7.00. The second-order valence-corrected chi connectivity index (χ2v) is 10.6. The number of anilines is 1. The number of thiazole rings is 1. The SMILES string of the molecule is O=C(Nc1nc2ccccc2s1)N(CCN[C@@H]1CCCNC1)CCC(c1ccccc1)c1ccccc1. The molecule has 1 saturated heterocycles. The Bertz CT molecular complexity index is 1180. The normalized spacial score (nSPS) is 15.6. The molecule has 1 atom stereocenters. The van der Waals surface area contributed by atoms with E-state index in [9.17, 15) is 4.79 Å². The van der Waals surface area contributed by atoms with Gasteiger partial charge in [0.25, 0.3) is 0 Å². The summed E-state index contributed by atoms with van der Waals surface area (Å²) in [5.41, 5.74) is 3.45. The fraction of sp³-hybridized carbons (Fsp3) is 0.333. The Morgan fingerprint density at radius 2 is 1.68 bits per heavy atom. The minimum atomic E-state index is -0.0949. The Hall–Kier alpha value is -3.26. The zero-order valence-corrected chi connectivity index (χ0v) is 21.9. The van der Waals surface area contributed by atoms with Crippen LogP contribution >= 0.6 is 11.3 Å². The number of rotatable bonds is 10. The Morgan fingerprint density at radius 3 is 2.35 bits per heavy atom. The minimum absolute atomic E-state index is 0.0949. The first kappa shape index (κ1) is 25.4. The fourth-order valence-electron chi connectivity index (χ4n) is 5.02. The molecule has 3 aromatic carbocycles. The highest BCUT2D eigenvalue weighted by Crippen LogP contribution is 2.29. The topological polar surface area (TPSA) is 69.3 Å². The van der Waals surface area contributed by atoms with Gasteiger partial charge >= 0.3 is 6.03 Å². The van der Waals surface area contributed by atoms with E-state index in [1.807, 2.05) is 29.2 Å². The van der Waals surface area contributed by atoms with E-state index in [2.05, 4.69) is 81.6 Å². The second-order valence-electron chi connectivity index (χ2n) is 9.56. The molecular formula is C30H35N5OS. The number of aromatic nitrogens is 1. The van der Waals surface area contributed by atoms with Crippen molar-refractivity contribution in [1.82, 2.24) is 20.5 Å². The number of hydrogen-bond donors (Lipinski definition) is 3. The molecule has 0 unspecified atom stereocenters. The van der Waals surface area contributed by atoms with E-state index in [1.165, 1.54) is 35.3 Å². The number of fused-ring (bicyclic) bond motifs is 1. The second kappa shape index (κ2) is 12.8. The van der Waals surface area contributed by atoms with Crippen LogP contribution in [0, 0.1) is 0 Å². The molecule has 1 fully saturated rings. The molecule has 2 amide bonds. The maximum Gasteiger partial charge on any atom is 0.323 e. The van der Waals surface area contributed by atoms with Crippen LogP contribution in [0.1, 0.15) is 36.3 Å². The molecule has 6 nitrogen and oxygen atoms in total. The molecule has 7 heteroatoms. The number of piperidine rings is 1. The molecule has 5 rings (SSSR count). The fourth-order valence-corrected chi connectivity index (χ4v) is 5.88. The number of hydrogen-bond acceptors (Lipinski definition) is 5. The minimum Gasteiger partial charge on any atom is -0.323 e. The van der Waals surface area contributed by atoms with E-state index >= 15 is 0 Å². The van der Waals surface area contributed by atoms with Gasteiger partial charge in [-0.25, -0.2) is 9.78 Å². The lowest BCUT2D eigenvalue weighted by Crippen LogP contribution is -2.47. The van der Waals surface area contributed by atoms with Crippen LogP contribution in [-0.4, -0.2) is 54.7 Å². The molecule has 4 aromatic rings. The predicted molar refractivity (Wildman–Crippen MR) is 153 cm³/mol. The molecule has 0 bridgehead atoms. The molecule has 0 radical (unpaired) electrons. The molecule has 192 valence electrons. The molecule has 0 spiro atoms. The number of carbonyl (C=O) groups excluding carboxylic acids is 1. The van der Waals surface area contributed by atoms with Gasteiger partial charge in [0.2, 0.25) is 0 Å². The summed E-state index contributed by atoms with van der Waals surface area (Å²) in [5.74, 6) is 0.218. The van der Waals surface area contributed by atoms with Gasteiger partial charge in [0.05, 0.1) is 10.2 Å². The van der Waals surface area contributed by atoms with E-state index in [1.54, 1.807) is 0 Å². The molecule has 37 heavy (non-hydrogen) atoms. The van der Waals surface area contributed by atoms with Crippen molar-refractivity contribution >= 4 is 32.7 Å². The predicted octanol–water partition coefficient (Wildman–Crippen LogP) is 5.69. The number of urea groups is 1. The standard InChI is InChI=1S/C30H35N5OS/c36-30(34-29-33-27-15-7-8-16-28(27)37-29)35(21-19-32-25-14-9-18-31-22-25)20-17-26(23-10-3-1-4-11-23)24-12-5-2-6-13-24/h1-8,10-13,15-16,25-26,31-32H,9,14,17-22H2,(H,33,34,36)/t25-/m1/s1.